The van der Waals surface area contributed by atoms with Crippen LogP contribution in [-0.2, 0) is 4.79 Å². The van der Waals surface area contributed by atoms with Crippen molar-refractivity contribution in [1.82, 2.24) is 0 Å². The van der Waals surface area contributed by atoms with Gasteiger partial charge in [-0.1, -0.05) is 12.1 Å². The monoisotopic (exact) mass is 337 g/mol. The lowest BCUT2D eigenvalue weighted by Crippen LogP contribution is -2.23. The van der Waals surface area contributed by atoms with Crippen LogP contribution in [0.15, 0.2) is 53.6 Å². The average Bonchev–Trinajstić information content (AvgIpc) is 3.06. The summed E-state index contributed by atoms with van der Waals surface area (Å²) in [6.45, 7) is 2.64. The Kier molecular flexibility index (Phi) is 4.79. The second-order valence-electron chi connectivity index (χ2n) is 5.89. The second kappa shape index (κ2) is 7.17. The second-order valence-corrected chi connectivity index (χ2v) is 5.89. The molecular formula is C19H19N3O3. The molecule has 0 atom stereocenters. The molecule has 1 fully saturated rings. The molecule has 2 aromatic rings. The zero-order valence-electron chi connectivity index (χ0n) is 13.9. The van der Waals surface area contributed by atoms with Crippen LogP contribution in [0, 0.1) is 0 Å². The van der Waals surface area contributed by atoms with Crippen LogP contribution in [0.1, 0.15) is 35.7 Å². The summed E-state index contributed by atoms with van der Waals surface area (Å²) in [7, 11) is 0. The van der Waals surface area contributed by atoms with Gasteiger partial charge in [-0.2, -0.15) is 5.10 Å². The van der Waals surface area contributed by atoms with Crippen LogP contribution in [0.2, 0.25) is 0 Å². The maximum absolute atomic E-state index is 11.9. The molecule has 0 saturated carbocycles. The molecule has 6 nitrogen and oxygen atoms in total. The summed E-state index contributed by atoms with van der Waals surface area (Å²) in [4.78, 5) is 24.5. The molecule has 128 valence electrons. The smallest absolute Gasteiger partial charge is 0.335 e. The topological polar surface area (TPSA) is 82.0 Å². The lowest BCUT2D eigenvalue weighted by molar-refractivity contribution is -0.117. The number of hydrogen-bond donors (Lipinski definition) is 2. The largest absolute Gasteiger partial charge is 0.478 e. The Hall–Kier alpha value is -3.15. The predicted molar refractivity (Wildman–Crippen MR) is 97.3 cm³/mol. The van der Waals surface area contributed by atoms with Crippen molar-refractivity contribution in [2.45, 2.75) is 19.8 Å². The van der Waals surface area contributed by atoms with Gasteiger partial charge < -0.3 is 10.0 Å². The van der Waals surface area contributed by atoms with Crippen LogP contribution in [0.25, 0.3) is 0 Å². The maximum atomic E-state index is 11.9. The molecule has 0 bridgehead atoms. The van der Waals surface area contributed by atoms with Crippen molar-refractivity contribution >= 4 is 29.0 Å². The summed E-state index contributed by atoms with van der Waals surface area (Å²) in [5.41, 5.74) is 6.44. The van der Waals surface area contributed by atoms with Crippen molar-refractivity contribution in [2.24, 2.45) is 5.10 Å². The van der Waals surface area contributed by atoms with Crippen LogP contribution >= 0.6 is 0 Å². The maximum Gasteiger partial charge on any atom is 0.335 e. The highest BCUT2D eigenvalue weighted by Gasteiger charge is 2.21. The number of aromatic carboxylic acids is 1. The van der Waals surface area contributed by atoms with E-state index in [9.17, 15) is 9.59 Å². The highest BCUT2D eigenvalue weighted by atomic mass is 16.4. The molecule has 0 aromatic heterocycles. The summed E-state index contributed by atoms with van der Waals surface area (Å²) in [5.74, 6) is -0.803. The van der Waals surface area contributed by atoms with Gasteiger partial charge in [0.15, 0.2) is 0 Å². The van der Waals surface area contributed by atoms with Crippen LogP contribution in [0.5, 0.6) is 0 Å². The Morgan fingerprint density at radius 3 is 2.56 bits per heavy atom. The molecular weight excluding hydrogens is 318 g/mol. The van der Waals surface area contributed by atoms with Gasteiger partial charge in [0.05, 0.1) is 17.0 Å². The predicted octanol–water partition coefficient (Wildman–Crippen LogP) is 3.35. The number of carboxylic acids is 1. The Bertz CT molecular complexity index is 828. The molecule has 6 heteroatoms. The van der Waals surface area contributed by atoms with Crippen molar-refractivity contribution in [2.75, 3.05) is 16.9 Å². The van der Waals surface area contributed by atoms with E-state index in [2.05, 4.69) is 10.5 Å². The zero-order valence-corrected chi connectivity index (χ0v) is 13.9. The molecule has 1 aliphatic rings. The molecule has 1 amide bonds. The van der Waals surface area contributed by atoms with E-state index in [-0.39, 0.29) is 11.5 Å². The molecule has 2 N–H and O–H groups in total. The SMILES string of the molecule is CC(=NNc1ccc(C(=O)O)cc1)c1cccc(N2CCCC2=O)c1. The highest BCUT2D eigenvalue weighted by molar-refractivity contribution is 6.01. The van der Waals surface area contributed by atoms with Crippen LogP contribution in [0.4, 0.5) is 11.4 Å². The highest BCUT2D eigenvalue weighted by Crippen LogP contribution is 2.22. The van der Waals surface area contributed by atoms with E-state index in [1.165, 1.54) is 12.1 Å². The van der Waals surface area contributed by atoms with Crippen LogP contribution in [0.3, 0.4) is 0 Å². The van der Waals surface area contributed by atoms with E-state index >= 15 is 0 Å². The van der Waals surface area contributed by atoms with Crippen molar-refractivity contribution < 1.29 is 14.7 Å². The number of amides is 1. The fourth-order valence-corrected chi connectivity index (χ4v) is 2.72. The quantitative estimate of drug-likeness (QED) is 0.647. The van der Waals surface area contributed by atoms with Crippen molar-refractivity contribution in [1.29, 1.82) is 0 Å². The summed E-state index contributed by atoms with van der Waals surface area (Å²) >= 11 is 0. The Morgan fingerprint density at radius 1 is 1.16 bits per heavy atom. The fraction of sp³-hybridized carbons (Fsp3) is 0.211. The molecule has 0 spiro atoms. The van der Waals surface area contributed by atoms with Crippen molar-refractivity contribution in [3.05, 3.63) is 59.7 Å². The van der Waals surface area contributed by atoms with Gasteiger partial charge >= 0.3 is 5.97 Å². The molecule has 1 aliphatic heterocycles. The lowest BCUT2D eigenvalue weighted by atomic mass is 10.1. The molecule has 1 heterocycles. The first-order chi connectivity index (χ1) is 12.0. The first kappa shape index (κ1) is 16.7. The third kappa shape index (κ3) is 3.85. The number of nitrogens with one attached hydrogen (secondary N) is 1. The van der Waals surface area contributed by atoms with Gasteiger partial charge in [0, 0.05) is 18.7 Å². The van der Waals surface area contributed by atoms with E-state index in [1.54, 1.807) is 17.0 Å². The van der Waals surface area contributed by atoms with E-state index in [0.717, 1.165) is 29.9 Å². The Balaban J connectivity index is 1.73. The van der Waals surface area contributed by atoms with Gasteiger partial charge in [-0.3, -0.25) is 10.2 Å². The minimum absolute atomic E-state index is 0.156. The van der Waals surface area contributed by atoms with Gasteiger partial charge in [-0.25, -0.2) is 4.79 Å². The molecule has 2 aromatic carbocycles. The minimum Gasteiger partial charge on any atom is -0.478 e. The standard InChI is InChI=1S/C19H19N3O3/c1-13(20-21-16-9-7-14(8-10-16)19(24)25)15-4-2-5-17(12-15)22-11-3-6-18(22)23/h2,4-5,7-10,12,21H,3,6,11H2,1H3,(H,24,25). The Labute approximate surface area is 145 Å². The lowest BCUT2D eigenvalue weighted by Gasteiger charge is -2.16. The van der Waals surface area contributed by atoms with E-state index in [1.807, 2.05) is 31.2 Å². The van der Waals surface area contributed by atoms with E-state index < -0.39 is 5.97 Å². The average molecular weight is 337 g/mol. The van der Waals surface area contributed by atoms with Gasteiger partial charge in [0.1, 0.15) is 0 Å². The van der Waals surface area contributed by atoms with Crippen LogP contribution in [-0.4, -0.2) is 29.2 Å². The number of benzene rings is 2. The number of rotatable bonds is 5. The summed E-state index contributed by atoms with van der Waals surface area (Å²) in [6, 6.07) is 14.1. The van der Waals surface area contributed by atoms with Crippen molar-refractivity contribution in [3.63, 3.8) is 0 Å². The van der Waals surface area contributed by atoms with Gasteiger partial charge in [-0.05, 0) is 55.3 Å². The number of carboxylic acid groups (broad SMARTS) is 1. The summed E-state index contributed by atoms with van der Waals surface area (Å²) in [6.07, 6.45) is 1.50. The van der Waals surface area contributed by atoms with E-state index in [4.69, 9.17) is 5.11 Å². The number of anilines is 2. The van der Waals surface area contributed by atoms with E-state index in [0.29, 0.717) is 12.1 Å². The normalized spacial score (nSPS) is 14.7. The van der Waals surface area contributed by atoms with Gasteiger partial charge in [0.2, 0.25) is 5.91 Å². The Morgan fingerprint density at radius 2 is 1.92 bits per heavy atom. The third-order valence-electron chi connectivity index (χ3n) is 4.13. The van der Waals surface area contributed by atoms with Gasteiger partial charge in [-0.15, -0.1) is 0 Å². The molecule has 0 unspecified atom stereocenters. The van der Waals surface area contributed by atoms with Gasteiger partial charge in [0.25, 0.3) is 0 Å². The zero-order chi connectivity index (χ0) is 17.8. The number of hydrogen-bond acceptors (Lipinski definition) is 4. The molecule has 25 heavy (non-hydrogen) atoms. The molecule has 0 aliphatic carbocycles. The first-order valence-corrected chi connectivity index (χ1v) is 8.09. The molecule has 0 radical (unpaired) electrons. The number of hydrazone groups is 1. The number of nitrogens with zero attached hydrogens (tertiary/aromatic N) is 2. The minimum atomic E-state index is -0.959. The molecule has 3 rings (SSSR count). The number of carbonyl (C=O) groups excluding carboxylic acids is 1. The first-order valence-electron chi connectivity index (χ1n) is 8.09. The third-order valence-corrected chi connectivity index (χ3v) is 4.13. The molecule has 1 saturated heterocycles. The van der Waals surface area contributed by atoms with Crippen molar-refractivity contribution in [3.8, 4) is 0 Å². The fourth-order valence-electron chi connectivity index (χ4n) is 2.72. The summed E-state index contributed by atoms with van der Waals surface area (Å²) < 4.78 is 0. The van der Waals surface area contributed by atoms with Crippen LogP contribution < -0.4 is 10.3 Å². The summed E-state index contributed by atoms with van der Waals surface area (Å²) in [5, 5.41) is 13.2. The number of carbonyl (C=O) groups is 2.